The second-order valence-electron chi connectivity index (χ2n) is 5.95. The standard InChI is InChI=1S/C21H22N2O6/c1-26-17-10-15(11-18(27-2)21(17)28-3)12-20(25)29-13-19(24)23-16-6-4-14(5-7-16)8-9-22/h4-7,10-11H,8,12-13H2,1-3H3,(H,23,24). The maximum absolute atomic E-state index is 12.1. The average Bonchev–Trinajstić information content (AvgIpc) is 2.73. The molecule has 0 spiro atoms. The number of hydrogen-bond acceptors (Lipinski definition) is 7. The van der Waals surface area contributed by atoms with Gasteiger partial charge in [-0.25, -0.2) is 0 Å². The zero-order valence-corrected chi connectivity index (χ0v) is 16.5. The van der Waals surface area contributed by atoms with E-state index in [0.717, 1.165) is 5.56 Å². The van der Waals surface area contributed by atoms with Gasteiger partial charge in [0.2, 0.25) is 5.75 Å². The number of nitriles is 1. The van der Waals surface area contributed by atoms with Crippen LogP contribution in [-0.4, -0.2) is 39.8 Å². The van der Waals surface area contributed by atoms with Gasteiger partial charge in [0.15, 0.2) is 18.1 Å². The third-order valence-electron chi connectivity index (χ3n) is 3.96. The molecule has 0 saturated heterocycles. The molecule has 8 nitrogen and oxygen atoms in total. The monoisotopic (exact) mass is 398 g/mol. The molecule has 1 amide bonds. The van der Waals surface area contributed by atoms with E-state index in [1.807, 2.05) is 0 Å². The van der Waals surface area contributed by atoms with E-state index in [4.69, 9.17) is 24.2 Å². The van der Waals surface area contributed by atoms with Gasteiger partial charge in [0, 0.05) is 5.69 Å². The first-order valence-corrected chi connectivity index (χ1v) is 8.71. The number of nitrogens with zero attached hydrogens (tertiary/aromatic N) is 1. The largest absolute Gasteiger partial charge is 0.493 e. The summed E-state index contributed by atoms with van der Waals surface area (Å²) in [7, 11) is 4.46. The number of anilines is 1. The number of benzene rings is 2. The third-order valence-corrected chi connectivity index (χ3v) is 3.96. The minimum atomic E-state index is -0.571. The zero-order valence-electron chi connectivity index (χ0n) is 16.5. The average molecular weight is 398 g/mol. The van der Waals surface area contributed by atoms with Gasteiger partial charge in [-0.3, -0.25) is 9.59 Å². The van der Waals surface area contributed by atoms with Crippen LogP contribution in [-0.2, 0) is 27.2 Å². The lowest BCUT2D eigenvalue weighted by Crippen LogP contribution is -2.21. The highest BCUT2D eigenvalue weighted by atomic mass is 16.5. The van der Waals surface area contributed by atoms with Crippen LogP contribution in [0.2, 0.25) is 0 Å². The van der Waals surface area contributed by atoms with Gasteiger partial charge in [-0.2, -0.15) is 5.26 Å². The summed E-state index contributed by atoms with van der Waals surface area (Å²) >= 11 is 0. The summed E-state index contributed by atoms with van der Waals surface area (Å²) in [4.78, 5) is 24.1. The Bertz CT molecular complexity index is 877. The molecule has 1 N–H and O–H groups in total. The van der Waals surface area contributed by atoms with Crippen LogP contribution in [0.3, 0.4) is 0 Å². The second-order valence-corrected chi connectivity index (χ2v) is 5.95. The fraction of sp³-hybridized carbons (Fsp3) is 0.286. The summed E-state index contributed by atoms with van der Waals surface area (Å²) in [5.74, 6) is 0.238. The van der Waals surface area contributed by atoms with Crippen LogP contribution in [0.1, 0.15) is 11.1 Å². The number of methoxy groups -OCH3 is 3. The molecule has 2 rings (SSSR count). The second kappa shape index (κ2) is 10.6. The molecule has 0 saturated carbocycles. The Balaban J connectivity index is 1.91. The molecule has 29 heavy (non-hydrogen) atoms. The molecular formula is C21H22N2O6. The van der Waals surface area contributed by atoms with Crippen molar-refractivity contribution in [2.24, 2.45) is 0 Å². The molecule has 0 aliphatic heterocycles. The zero-order chi connectivity index (χ0) is 21.2. The SMILES string of the molecule is COc1cc(CC(=O)OCC(=O)Nc2ccc(CC#N)cc2)cc(OC)c1OC. The summed E-state index contributed by atoms with van der Waals surface area (Å²) < 4.78 is 20.8. The molecule has 0 heterocycles. The van der Waals surface area contributed by atoms with Gasteiger partial charge in [-0.15, -0.1) is 0 Å². The van der Waals surface area contributed by atoms with Gasteiger partial charge in [0.05, 0.1) is 40.2 Å². The van der Waals surface area contributed by atoms with Crippen LogP contribution in [0.15, 0.2) is 36.4 Å². The predicted molar refractivity (Wildman–Crippen MR) is 105 cm³/mol. The van der Waals surface area contributed by atoms with E-state index in [2.05, 4.69) is 11.4 Å². The maximum atomic E-state index is 12.1. The number of amides is 1. The number of hydrogen-bond donors (Lipinski definition) is 1. The van der Waals surface area contributed by atoms with Crippen molar-refractivity contribution in [3.63, 3.8) is 0 Å². The number of esters is 1. The lowest BCUT2D eigenvalue weighted by atomic mass is 10.1. The van der Waals surface area contributed by atoms with Crippen LogP contribution in [0, 0.1) is 11.3 Å². The molecular weight excluding hydrogens is 376 g/mol. The van der Waals surface area contributed by atoms with Crippen molar-refractivity contribution in [2.45, 2.75) is 12.8 Å². The molecule has 0 aliphatic carbocycles. The number of carbonyl (C=O) groups excluding carboxylic acids is 2. The van der Waals surface area contributed by atoms with Crippen LogP contribution in [0.25, 0.3) is 0 Å². The lowest BCUT2D eigenvalue weighted by Gasteiger charge is -2.14. The summed E-state index contributed by atoms with van der Waals surface area (Å²) in [6.45, 7) is -0.413. The minimum Gasteiger partial charge on any atom is -0.493 e. The van der Waals surface area contributed by atoms with Gasteiger partial charge in [0.25, 0.3) is 5.91 Å². The molecule has 2 aromatic rings. The number of nitrogens with one attached hydrogen (secondary N) is 1. The van der Waals surface area contributed by atoms with Crippen molar-refractivity contribution in [1.29, 1.82) is 5.26 Å². The van der Waals surface area contributed by atoms with Crippen LogP contribution in [0.5, 0.6) is 17.2 Å². The van der Waals surface area contributed by atoms with E-state index < -0.39 is 18.5 Å². The predicted octanol–water partition coefficient (Wildman–Crippen LogP) is 2.50. The van der Waals surface area contributed by atoms with E-state index in [-0.39, 0.29) is 6.42 Å². The maximum Gasteiger partial charge on any atom is 0.310 e. The normalized spacial score (nSPS) is 9.86. The first-order chi connectivity index (χ1) is 14.0. The van der Waals surface area contributed by atoms with E-state index in [1.165, 1.54) is 21.3 Å². The summed E-state index contributed by atoms with van der Waals surface area (Å²) in [6.07, 6.45) is 0.236. The van der Waals surface area contributed by atoms with Crippen LogP contribution >= 0.6 is 0 Å². The molecule has 152 valence electrons. The molecule has 0 atom stereocenters. The fourth-order valence-electron chi connectivity index (χ4n) is 2.60. The van der Waals surface area contributed by atoms with E-state index in [9.17, 15) is 9.59 Å². The highest BCUT2D eigenvalue weighted by Crippen LogP contribution is 2.38. The lowest BCUT2D eigenvalue weighted by molar-refractivity contribution is -0.146. The van der Waals surface area contributed by atoms with Gasteiger partial charge in [-0.05, 0) is 35.4 Å². The van der Waals surface area contributed by atoms with Crippen molar-refractivity contribution in [3.05, 3.63) is 47.5 Å². The van der Waals surface area contributed by atoms with Gasteiger partial charge in [0.1, 0.15) is 0 Å². The number of rotatable bonds is 9. The smallest absolute Gasteiger partial charge is 0.310 e. The Hall–Kier alpha value is -3.73. The van der Waals surface area contributed by atoms with E-state index in [1.54, 1.807) is 36.4 Å². The summed E-state index contributed by atoms with van der Waals surface area (Å²) in [5.41, 5.74) is 2.00. The van der Waals surface area contributed by atoms with Crippen molar-refractivity contribution < 1.29 is 28.5 Å². The number of carbonyl (C=O) groups is 2. The molecule has 0 fully saturated rings. The molecule has 0 aromatic heterocycles. The molecule has 0 aliphatic rings. The molecule has 2 aromatic carbocycles. The van der Waals surface area contributed by atoms with Crippen molar-refractivity contribution in [3.8, 4) is 23.3 Å². The third kappa shape index (κ3) is 6.14. The minimum absolute atomic E-state index is 0.0626. The Morgan fingerprint density at radius 3 is 2.10 bits per heavy atom. The quantitative estimate of drug-likeness (QED) is 0.647. The van der Waals surface area contributed by atoms with Crippen molar-refractivity contribution in [2.75, 3.05) is 33.3 Å². The van der Waals surface area contributed by atoms with Gasteiger partial charge >= 0.3 is 5.97 Å². The van der Waals surface area contributed by atoms with Crippen molar-refractivity contribution in [1.82, 2.24) is 0 Å². The van der Waals surface area contributed by atoms with Crippen LogP contribution < -0.4 is 19.5 Å². The highest BCUT2D eigenvalue weighted by Gasteiger charge is 2.16. The first kappa shape index (κ1) is 21.6. The Morgan fingerprint density at radius 1 is 0.966 bits per heavy atom. The van der Waals surface area contributed by atoms with E-state index >= 15 is 0 Å². The van der Waals surface area contributed by atoms with Gasteiger partial charge < -0.3 is 24.3 Å². The Kier molecular flexibility index (Phi) is 7.86. The summed E-state index contributed by atoms with van der Waals surface area (Å²) in [6, 6.07) is 12.2. The molecule has 0 radical (unpaired) electrons. The Labute approximate surface area is 168 Å². The number of ether oxygens (including phenoxy) is 4. The van der Waals surface area contributed by atoms with Crippen molar-refractivity contribution >= 4 is 17.6 Å². The topological polar surface area (TPSA) is 107 Å². The highest BCUT2D eigenvalue weighted by molar-refractivity contribution is 5.92. The molecule has 0 bridgehead atoms. The van der Waals surface area contributed by atoms with E-state index in [0.29, 0.717) is 34.9 Å². The Morgan fingerprint density at radius 2 is 1.59 bits per heavy atom. The van der Waals surface area contributed by atoms with Gasteiger partial charge in [-0.1, -0.05) is 12.1 Å². The summed E-state index contributed by atoms with van der Waals surface area (Å²) in [5, 5.41) is 11.3. The molecule has 8 heteroatoms. The fourth-order valence-corrected chi connectivity index (χ4v) is 2.60. The first-order valence-electron chi connectivity index (χ1n) is 8.71. The van der Waals surface area contributed by atoms with Crippen LogP contribution in [0.4, 0.5) is 5.69 Å². The molecule has 0 unspecified atom stereocenters.